The highest BCUT2D eigenvalue weighted by molar-refractivity contribution is 5.85. The molecule has 6 rings (SSSR count). The molecular formula is C26H28O3. The van der Waals surface area contributed by atoms with Crippen LogP contribution in [0.5, 0.6) is 5.75 Å². The normalized spacial score (nSPS) is 30.2. The van der Waals surface area contributed by atoms with Crippen LogP contribution >= 0.6 is 0 Å². The Labute approximate surface area is 172 Å². The second-order valence-corrected chi connectivity index (χ2v) is 9.68. The summed E-state index contributed by atoms with van der Waals surface area (Å²) < 4.78 is 0. The van der Waals surface area contributed by atoms with Crippen molar-refractivity contribution in [3.63, 3.8) is 0 Å². The van der Waals surface area contributed by atoms with E-state index in [-0.39, 0.29) is 5.41 Å². The van der Waals surface area contributed by atoms with Gasteiger partial charge in [0.25, 0.3) is 0 Å². The molecule has 0 spiro atoms. The van der Waals surface area contributed by atoms with Gasteiger partial charge in [-0.15, -0.1) is 0 Å². The molecule has 3 nitrogen and oxygen atoms in total. The first-order valence-corrected chi connectivity index (χ1v) is 10.8. The van der Waals surface area contributed by atoms with Gasteiger partial charge in [0.15, 0.2) is 0 Å². The summed E-state index contributed by atoms with van der Waals surface area (Å²) in [5, 5.41) is 19.7. The summed E-state index contributed by atoms with van der Waals surface area (Å²) in [7, 11) is 0. The zero-order valence-electron chi connectivity index (χ0n) is 16.9. The van der Waals surface area contributed by atoms with E-state index in [4.69, 9.17) is 5.11 Å². The Morgan fingerprint density at radius 1 is 1.00 bits per heavy atom. The number of aryl methyl sites for hydroxylation is 1. The molecule has 2 aromatic carbocycles. The van der Waals surface area contributed by atoms with Crippen LogP contribution in [0.15, 0.2) is 42.5 Å². The number of carboxylic acids is 1. The van der Waals surface area contributed by atoms with E-state index in [1.54, 1.807) is 6.08 Å². The number of aliphatic carboxylic acids is 1. The Hall–Kier alpha value is -2.55. The first-order chi connectivity index (χ1) is 13.9. The standard InChI is InChI=1S/C26H28O3/c1-16-8-17(3-7-25(28)29)2-5-22(16)21-4-6-24(27)23(12-21)26-13-18-9-19(14-26)11-20(10-18)15-26/h2-8,12,18-20,27H,9-11,13-15H2,1H3,(H,28,29)/b7-3+. The molecule has 0 amide bonds. The zero-order chi connectivity index (χ0) is 20.2. The second kappa shape index (κ2) is 6.76. The molecule has 4 aliphatic rings. The van der Waals surface area contributed by atoms with Gasteiger partial charge >= 0.3 is 5.97 Å². The molecule has 0 aromatic heterocycles. The predicted molar refractivity (Wildman–Crippen MR) is 115 cm³/mol. The summed E-state index contributed by atoms with van der Waals surface area (Å²) >= 11 is 0. The van der Waals surface area contributed by atoms with Crippen LogP contribution in [0.25, 0.3) is 17.2 Å². The largest absolute Gasteiger partial charge is 0.508 e. The molecule has 0 atom stereocenters. The molecule has 29 heavy (non-hydrogen) atoms. The van der Waals surface area contributed by atoms with Crippen LogP contribution in [-0.4, -0.2) is 16.2 Å². The van der Waals surface area contributed by atoms with E-state index in [0.717, 1.165) is 45.6 Å². The maximum Gasteiger partial charge on any atom is 0.328 e. The minimum atomic E-state index is -0.939. The molecule has 0 aliphatic heterocycles. The molecule has 0 saturated heterocycles. The molecule has 2 N–H and O–H groups in total. The lowest BCUT2D eigenvalue weighted by atomic mass is 9.48. The fourth-order valence-corrected chi connectivity index (χ4v) is 6.85. The third-order valence-corrected chi connectivity index (χ3v) is 7.59. The number of aromatic hydroxyl groups is 1. The molecule has 0 radical (unpaired) electrons. The van der Waals surface area contributed by atoms with Crippen molar-refractivity contribution in [2.75, 3.05) is 0 Å². The number of hydrogen-bond donors (Lipinski definition) is 2. The van der Waals surface area contributed by atoms with Crippen LogP contribution in [0.1, 0.15) is 55.2 Å². The maximum absolute atomic E-state index is 10.8. The van der Waals surface area contributed by atoms with Gasteiger partial charge in [-0.2, -0.15) is 0 Å². The number of carbonyl (C=O) groups is 1. The molecule has 150 valence electrons. The third kappa shape index (κ3) is 3.27. The van der Waals surface area contributed by atoms with E-state index in [1.165, 1.54) is 44.6 Å². The summed E-state index contributed by atoms with van der Waals surface area (Å²) in [5.41, 5.74) is 5.59. The zero-order valence-corrected chi connectivity index (χ0v) is 16.9. The maximum atomic E-state index is 10.8. The number of benzene rings is 2. The Morgan fingerprint density at radius 2 is 1.66 bits per heavy atom. The van der Waals surface area contributed by atoms with Crippen LogP contribution in [0.2, 0.25) is 0 Å². The van der Waals surface area contributed by atoms with Gasteiger partial charge in [-0.25, -0.2) is 4.79 Å². The minimum Gasteiger partial charge on any atom is -0.508 e. The fourth-order valence-electron chi connectivity index (χ4n) is 6.85. The summed E-state index contributed by atoms with van der Waals surface area (Å²) in [6.45, 7) is 2.06. The van der Waals surface area contributed by atoms with Gasteiger partial charge in [0, 0.05) is 11.6 Å². The van der Waals surface area contributed by atoms with Crippen molar-refractivity contribution >= 4 is 12.0 Å². The molecule has 4 fully saturated rings. The van der Waals surface area contributed by atoms with Crippen LogP contribution in [0, 0.1) is 24.7 Å². The van der Waals surface area contributed by atoms with Gasteiger partial charge in [-0.1, -0.05) is 24.3 Å². The summed E-state index contributed by atoms with van der Waals surface area (Å²) in [5.74, 6) is 2.03. The van der Waals surface area contributed by atoms with Crippen molar-refractivity contribution in [2.45, 2.75) is 50.9 Å². The third-order valence-electron chi connectivity index (χ3n) is 7.59. The lowest BCUT2D eigenvalue weighted by Gasteiger charge is -2.57. The smallest absolute Gasteiger partial charge is 0.328 e. The first-order valence-electron chi connectivity index (χ1n) is 10.8. The van der Waals surface area contributed by atoms with Gasteiger partial charge in [0.2, 0.25) is 0 Å². The molecular weight excluding hydrogens is 360 g/mol. The van der Waals surface area contributed by atoms with Crippen molar-refractivity contribution in [1.29, 1.82) is 0 Å². The summed E-state index contributed by atoms with van der Waals surface area (Å²) in [4.78, 5) is 10.8. The average Bonchev–Trinajstić information content (AvgIpc) is 2.66. The Balaban J connectivity index is 1.51. The van der Waals surface area contributed by atoms with Crippen LogP contribution in [0.3, 0.4) is 0 Å². The fraction of sp³-hybridized carbons (Fsp3) is 0.423. The minimum absolute atomic E-state index is 0.160. The van der Waals surface area contributed by atoms with Gasteiger partial charge in [-0.3, -0.25) is 0 Å². The van der Waals surface area contributed by atoms with Gasteiger partial charge in [0.05, 0.1) is 0 Å². The number of carboxylic acid groups (broad SMARTS) is 1. The Morgan fingerprint density at radius 3 is 2.24 bits per heavy atom. The van der Waals surface area contributed by atoms with Crippen LogP contribution < -0.4 is 0 Å². The second-order valence-electron chi connectivity index (χ2n) is 9.68. The van der Waals surface area contributed by atoms with Crippen molar-refractivity contribution in [3.05, 3.63) is 59.2 Å². The Bertz CT molecular complexity index is 966. The average molecular weight is 389 g/mol. The van der Waals surface area contributed by atoms with Crippen molar-refractivity contribution in [1.82, 2.24) is 0 Å². The molecule has 0 unspecified atom stereocenters. The van der Waals surface area contributed by atoms with Gasteiger partial charge in [0.1, 0.15) is 5.75 Å². The number of hydrogen-bond acceptors (Lipinski definition) is 2. The predicted octanol–water partition coefficient (Wildman–Crippen LogP) is 5.93. The van der Waals surface area contributed by atoms with Crippen molar-refractivity contribution in [2.24, 2.45) is 17.8 Å². The highest BCUT2D eigenvalue weighted by atomic mass is 16.4. The number of rotatable bonds is 4. The van der Waals surface area contributed by atoms with Crippen LogP contribution in [-0.2, 0) is 10.2 Å². The number of phenols is 1. The quantitative estimate of drug-likeness (QED) is 0.638. The molecule has 2 aromatic rings. The highest BCUT2D eigenvalue weighted by Crippen LogP contribution is 2.62. The lowest BCUT2D eigenvalue weighted by molar-refractivity contribution is -0.131. The van der Waals surface area contributed by atoms with E-state index < -0.39 is 5.97 Å². The molecule has 4 saturated carbocycles. The van der Waals surface area contributed by atoms with Crippen molar-refractivity contribution in [3.8, 4) is 16.9 Å². The summed E-state index contributed by atoms with van der Waals surface area (Å²) in [6, 6.07) is 12.2. The molecule has 4 aliphatic carbocycles. The highest BCUT2D eigenvalue weighted by Gasteiger charge is 2.52. The lowest BCUT2D eigenvalue weighted by Crippen LogP contribution is -2.48. The summed E-state index contributed by atoms with van der Waals surface area (Å²) in [6.07, 6.45) is 10.7. The SMILES string of the molecule is Cc1cc(/C=C/C(=O)O)ccc1-c1ccc(O)c(C23CC4CC(CC(C4)C2)C3)c1. The monoisotopic (exact) mass is 388 g/mol. The molecule has 3 heteroatoms. The first kappa shape index (κ1) is 18.5. The van der Waals surface area contributed by atoms with Crippen molar-refractivity contribution < 1.29 is 15.0 Å². The van der Waals surface area contributed by atoms with Gasteiger partial charge < -0.3 is 10.2 Å². The van der Waals surface area contributed by atoms with E-state index in [2.05, 4.69) is 19.1 Å². The van der Waals surface area contributed by atoms with Crippen LogP contribution in [0.4, 0.5) is 0 Å². The van der Waals surface area contributed by atoms with Gasteiger partial charge in [-0.05, 0) is 109 Å². The molecule has 0 heterocycles. The number of phenolic OH excluding ortho intramolecular Hbond substituents is 1. The van der Waals surface area contributed by atoms with E-state index in [9.17, 15) is 9.90 Å². The Kier molecular flexibility index (Phi) is 4.31. The van der Waals surface area contributed by atoms with E-state index >= 15 is 0 Å². The van der Waals surface area contributed by atoms with E-state index in [0.29, 0.717) is 5.75 Å². The van der Waals surface area contributed by atoms with E-state index in [1.807, 2.05) is 24.3 Å². The molecule has 4 bridgehead atoms. The topological polar surface area (TPSA) is 57.5 Å².